The number of para-hydroxylation sites is 3. The van der Waals surface area contributed by atoms with Crippen molar-refractivity contribution in [3.63, 3.8) is 0 Å². The van der Waals surface area contributed by atoms with Crippen molar-refractivity contribution in [2.45, 2.75) is 74.0 Å². The maximum absolute atomic E-state index is 7.28. The van der Waals surface area contributed by atoms with E-state index < -0.39 is 13.7 Å². The molecular weight excluding hydrogens is 839 g/mol. The molecule has 5 aromatic carbocycles. The first-order chi connectivity index (χ1) is 27.9. The fourth-order valence-electron chi connectivity index (χ4n) is 7.26. The summed E-state index contributed by atoms with van der Waals surface area (Å²) < 4.78 is 52.0. The van der Waals surface area contributed by atoms with E-state index in [-0.39, 0.29) is 31.2 Å². The van der Waals surface area contributed by atoms with Crippen LogP contribution >= 0.6 is 0 Å². The van der Waals surface area contributed by atoms with Crippen LogP contribution in [0.2, 0.25) is 0 Å². The average molecular weight is 892 g/mol. The third-order valence-electron chi connectivity index (χ3n) is 9.68. The predicted molar refractivity (Wildman–Crippen MR) is 221 cm³/mol. The predicted octanol–water partition coefficient (Wildman–Crippen LogP) is 13.2. The minimum atomic E-state index is -2.18. The monoisotopic (exact) mass is 892 g/mol. The quantitative estimate of drug-likeness (QED) is 0.156. The van der Waals surface area contributed by atoms with E-state index in [1.165, 1.54) is 69.0 Å². The molecule has 3 heterocycles. The summed E-state index contributed by atoms with van der Waals surface area (Å²) in [7, 11) is 0. The number of aryl methyl sites for hydroxylation is 5. The summed E-state index contributed by atoms with van der Waals surface area (Å²) >= 11 is 0. The van der Waals surface area contributed by atoms with E-state index >= 15 is 0 Å². The first-order valence-electron chi connectivity index (χ1n) is 21.0. The van der Waals surface area contributed by atoms with Crippen LogP contribution in [0.1, 0.15) is 86.7 Å². The largest absolute Gasteiger partial charge is 0.557 e. The third kappa shape index (κ3) is 7.62. The minimum absolute atomic E-state index is 0. The Morgan fingerprint density at radius 1 is 0.741 bits per heavy atom. The zero-order valence-corrected chi connectivity index (χ0v) is 34.0. The summed E-state index contributed by atoms with van der Waals surface area (Å²) in [4.78, 5) is 9.28. The maximum atomic E-state index is 7.28. The Labute approximate surface area is 342 Å². The summed E-state index contributed by atoms with van der Waals surface area (Å²) in [5, 5.41) is 1.02. The van der Waals surface area contributed by atoms with Gasteiger partial charge in [0.2, 0.25) is 0 Å². The first kappa shape index (κ1) is 31.3. The van der Waals surface area contributed by atoms with Crippen molar-refractivity contribution in [2.75, 3.05) is 0 Å². The number of benzene rings is 5. The van der Waals surface area contributed by atoms with Gasteiger partial charge in [-0.1, -0.05) is 124 Å². The van der Waals surface area contributed by atoms with E-state index in [0.29, 0.717) is 23.1 Å². The number of hydrogen-bond acceptors (Lipinski definition) is 3. The Morgan fingerprint density at radius 3 is 2.07 bits per heavy atom. The number of imidazole rings is 1. The van der Waals surface area contributed by atoms with Crippen LogP contribution in [0.5, 0.6) is 0 Å². The summed E-state index contributed by atoms with van der Waals surface area (Å²) in [6.07, 6.45) is 4.56. The molecule has 0 aliphatic heterocycles. The molecule has 0 spiro atoms. The molecule has 5 heteroatoms. The second-order valence-corrected chi connectivity index (χ2v) is 14.3. The number of nitrogens with zero attached hydrogens (tertiary/aromatic N) is 3. The van der Waals surface area contributed by atoms with Gasteiger partial charge in [-0.05, 0) is 96.2 Å². The van der Waals surface area contributed by atoms with Crippen molar-refractivity contribution >= 4 is 22.0 Å². The van der Waals surface area contributed by atoms with Gasteiger partial charge < -0.3 is 14.0 Å². The zero-order valence-electron chi connectivity index (χ0n) is 37.6. The average Bonchev–Trinajstić information content (AvgIpc) is 3.78. The van der Waals surface area contributed by atoms with E-state index in [2.05, 4.69) is 143 Å². The van der Waals surface area contributed by atoms with Crippen molar-refractivity contribution < 1.29 is 32.7 Å². The van der Waals surface area contributed by atoms with Gasteiger partial charge in [0, 0.05) is 52.1 Å². The van der Waals surface area contributed by atoms with E-state index in [1.807, 2.05) is 0 Å². The molecule has 0 saturated carbocycles. The Morgan fingerprint density at radius 2 is 1.44 bits per heavy atom. The van der Waals surface area contributed by atoms with Crippen LogP contribution in [-0.2, 0) is 20.1 Å². The summed E-state index contributed by atoms with van der Waals surface area (Å²) in [5.74, 6) is 1.58. The van der Waals surface area contributed by atoms with Gasteiger partial charge in [0.05, 0.1) is 16.9 Å². The topological polar surface area (TPSA) is 43.9 Å². The Kier molecular flexibility index (Phi) is 9.33. The number of pyridine rings is 1. The molecule has 0 saturated heterocycles. The molecule has 8 aromatic rings. The molecule has 0 fully saturated rings. The van der Waals surface area contributed by atoms with Crippen molar-refractivity contribution in [3.8, 4) is 39.5 Å². The smallest absolute Gasteiger partial charge is 0.0774 e. The normalized spacial score (nSPS) is 13.4. The van der Waals surface area contributed by atoms with Crippen molar-refractivity contribution in [2.24, 2.45) is 0 Å². The summed E-state index contributed by atoms with van der Waals surface area (Å²) in [6.45, 7) is 11.3. The molecule has 0 aliphatic carbocycles. The maximum Gasteiger partial charge on any atom is 0.0774 e. The molecule has 3 aromatic heterocycles. The first-order valence-corrected chi connectivity index (χ1v) is 18.0. The molecule has 0 atom stereocenters. The van der Waals surface area contributed by atoms with Gasteiger partial charge >= 0.3 is 0 Å². The molecule has 275 valence electrons. The number of aromatic nitrogens is 3. The molecule has 0 unspecified atom stereocenters. The Bertz CT molecular complexity index is 2670. The van der Waals surface area contributed by atoms with Gasteiger partial charge in [-0.3, -0.25) is 4.98 Å². The van der Waals surface area contributed by atoms with Gasteiger partial charge in [-0.15, -0.1) is 35.4 Å². The van der Waals surface area contributed by atoms with E-state index in [0.717, 1.165) is 33.4 Å². The molecule has 1 radical (unpaired) electrons. The molecule has 8 rings (SSSR count). The summed E-state index contributed by atoms with van der Waals surface area (Å²) in [6, 6.07) is 36.5. The SMILES string of the molecule is Cc1cc(C)c(-c2ccc3o[c-]c(-c4nc5ccccc5n4-c4c(C(C)C)cccc4C(C)C)c3c2)c(C)c1.[2H]C([2H])([2H])c1c[c-]c(-c2ccc(C([2H])([2H])[2H])cn2)cc1.[Ir]. The van der Waals surface area contributed by atoms with Crippen LogP contribution in [0.3, 0.4) is 0 Å². The molecule has 4 nitrogen and oxygen atoms in total. The van der Waals surface area contributed by atoms with Gasteiger partial charge in [0.15, 0.2) is 0 Å². The number of fused-ring (bicyclic) bond motifs is 2. The van der Waals surface area contributed by atoms with Crippen molar-refractivity contribution in [3.05, 3.63) is 161 Å². The van der Waals surface area contributed by atoms with Crippen LogP contribution < -0.4 is 0 Å². The summed E-state index contributed by atoms with van der Waals surface area (Å²) in [5.41, 5.74) is 15.4. The number of hydrogen-bond donors (Lipinski definition) is 0. The zero-order chi connectivity index (χ0) is 42.4. The molecule has 0 aliphatic rings. The van der Waals surface area contributed by atoms with Gasteiger partial charge in [-0.25, -0.2) is 0 Å². The van der Waals surface area contributed by atoms with Crippen LogP contribution in [0.4, 0.5) is 0 Å². The number of furan rings is 1. The van der Waals surface area contributed by atoms with Crippen LogP contribution in [0.25, 0.3) is 61.5 Å². The van der Waals surface area contributed by atoms with Crippen molar-refractivity contribution in [1.29, 1.82) is 0 Å². The van der Waals surface area contributed by atoms with Gasteiger partial charge in [-0.2, -0.15) is 0 Å². The molecular formula is C49H47IrN3O-2. The number of rotatable bonds is 6. The van der Waals surface area contributed by atoms with Crippen molar-refractivity contribution in [1.82, 2.24) is 14.5 Å². The van der Waals surface area contributed by atoms with Crippen LogP contribution in [-0.4, -0.2) is 14.5 Å². The Balaban J connectivity index is 0.000000243. The minimum Gasteiger partial charge on any atom is -0.557 e. The van der Waals surface area contributed by atoms with Gasteiger partial charge in [0.1, 0.15) is 0 Å². The molecule has 0 bridgehead atoms. The third-order valence-corrected chi connectivity index (χ3v) is 9.68. The Hall–Kier alpha value is -5.09. The van der Waals surface area contributed by atoms with E-state index in [1.54, 1.807) is 12.1 Å². The molecule has 0 N–H and O–H groups in total. The van der Waals surface area contributed by atoms with Crippen LogP contribution in [0, 0.1) is 46.8 Å². The fraction of sp³-hybridized carbons (Fsp3) is 0.224. The van der Waals surface area contributed by atoms with E-state index in [9.17, 15) is 0 Å². The molecule has 0 amide bonds. The van der Waals surface area contributed by atoms with E-state index in [4.69, 9.17) is 17.6 Å². The second-order valence-electron chi connectivity index (χ2n) is 14.3. The van der Waals surface area contributed by atoms with Gasteiger partial charge in [0.25, 0.3) is 0 Å². The second kappa shape index (κ2) is 16.1. The standard InChI is InChI=1S/C36H35N2O.C13H12N.Ir/c1-21(2)27-11-10-12-28(22(3)4)35(27)38-32-14-9-8-13-31(32)37-36(38)30-20-39-33-16-15-26(19-29(30)33)34-24(6)17-23(5)18-25(34)7;1-10-3-6-12(7-4-10)13-8-5-11(2)9-14-13;/h8-19,21-22H,1-7H3;3-6,8-9H,1-2H3;/q2*-1;/i;1D3,2D3;. The fourth-order valence-corrected chi connectivity index (χ4v) is 7.26. The van der Waals surface area contributed by atoms with Crippen LogP contribution in [0.15, 0.2) is 114 Å². The molecule has 54 heavy (non-hydrogen) atoms.